The van der Waals surface area contributed by atoms with Gasteiger partial charge in [0.1, 0.15) is 10.8 Å². The van der Waals surface area contributed by atoms with Crippen LogP contribution in [0.3, 0.4) is 0 Å². The molecule has 1 aliphatic rings. The monoisotopic (exact) mass is 413 g/mol. The van der Waals surface area contributed by atoms with Crippen molar-refractivity contribution in [2.75, 3.05) is 32.8 Å². The molecule has 0 saturated carbocycles. The molecule has 0 N–H and O–H groups in total. The van der Waals surface area contributed by atoms with Gasteiger partial charge >= 0.3 is 0 Å². The van der Waals surface area contributed by atoms with Gasteiger partial charge in [-0.05, 0) is 42.6 Å². The third-order valence-electron chi connectivity index (χ3n) is 4.76. The minimum atomic E-state index is 0.0944. The number of carbonyl (C=O) groups is 1. The zero-order chi connectivity index (χ0) is 19.3. The van der Waals surface area contributed by atoms with Crippen molar-refractivity contribution in [3.8, 4) is 16.3 Å². The second kappa shape index (κ2) is 8.86. The molecule has 3 aromatic rings. The molecule has 5 nitrogen and oxygen atoms in total. The fourth-order valence-electron chi connectivity index (χ4n) is 3.26. The van der Waals surface area contributed by atoms with Crippen molar-refractivity contribution < 1.29 is 9.53 Å². The summed E-state index contributed by atoms with van der Waals surface area (Å²) in [5, 5.41) is 5.34. The number of rotatable bonds is 6. The molecule has 1 amide bonds. The van der Waals surface area contributed by atoms with Crippen LogP contribution in [0.1, 0.15) is 22.3 Å². The Bertz CT molecular complexity index is 898. The minimum Gasteiger partial charge on any atom is -0.494 e. The van der Waals surface area contributed by atoms with Gasteiger partial charge in [0.25, 0.3) is 5.91 Å². The number of thiophene rings is 1. The summed E-state index contributed by atoms with van der Waals surface area (Å²) in [6.07, 6.45) is 0. The Morgan fingerprint density at radius 3 is 2.57 bits per heavy atom. The summed E-state index contributed by atoms with van der Waals surface area (Å²) < 4.78 is 5.45. The van der Waals surface area contributed by atoms with Crippen molar-refractivity contribution in [1.82, 2.24) is 14.8 Å². The van der Waals surface area contributed by atoms with Gasteiger partial charge in [-0.2, -0.15) is 0 Å². The summed E-state index contributed by atoms with van der Waals surface area (Å²) in [4.78, 5) is 23.0. The van der Waals surface area contributed by atoms with Crippen molar-refractivity contribution in [3.63, 3.8) is 0 Å². The maximum absolute atomic E-state index is 12.7. The Balaban J connectivity index is 1.30. The van der Waals surface area contributed by atoms with Crippen LogP contribution in [0.4, 0.5) is 0 Å². The summed E-state index contributed by atoms with van der Waals surface area (Å²) in [5.41, 5.74) is 1.79. The fraction of sp³-hybridized carbons (Fsp3) is 0.333. The molecule has 4 rings (SSSR count). The standard InChI is InChI=1S/C21H23N3O2S2/c1-2-26-17-7-5-16(6-8-17)21(25)24-11-9-23(10-12-24)14-20-22-18(15-28-20)19-4-3-13-27-19/h3-8,13,15H,2,9-12,14H2,1H3. The molecule has 3 heterocycles. The highest BCUT2D eigenvalue weighted by Gasteiger charge is 2.23. The molecule has 1 saturated heterocycles. The molecule has 0 radical (unpaired) electrons. The number of hydrogen-bond donors (Lipinski definition) is 0. The second-order valence-electron chi connectivity index (χ2n) is 6.63. The summed E-state index contributed by atoms with van der Waals surface area (Å²) in [5.74, 6) is 0.895. The molecule has 0 bridgehead atoms. The van der Waals surface area contributed by atoms with E-state index in [0.29, 0.717) is 6.61 Å². The Morgan fingerprint density at radius 2 is 1.89 bits per heavy atom. The number of amides is 1. The fourth-order valence-corrected chi connectivity index (χ4v) is 4.86. The van der Waals surface area contributed by atoms with E-state index in [1.165, 1.54) is 4.88 Å². The first kappa shape index (κ1) is 19.1. The summed E-state index contributed by atoms with van der Waals surface area (Å²) >= 11 is 3.43. The van der Waals surface area contributed by atoms with E-state index in [2.05, 4.69) is 27.8 Å². The van der Waals surface area contributed by atoms with E-state index in [1.54, 1.807) is 22.7 Å². The van der Waals surface area contributed by atoms with E-state index in [0.717, 1.165) is 54.7 Å². The molecule has 28 heavy (non-hydrogen) atoms. The number of thiazole rings is 1. The molecular formula is C21H23N3O2S2. The highest BCUT2D eigenvalue weighted by molar-refractivity contribution is 7.14. The topological polar surface area (TPSA) is 45.7 Å². The molecule has 1 fully saturated rings. The second-order valence-corrected chi connectivity index (χ2v) is 8.52. The van der Waals surface area contributed by atoms with Gasteiger partial charge in [-0.1, -0.05) is 6.07 Å². The third-order valence-corrected chi connectivity index (χ3v) is 6.48. The van der Waals surface area contributed by atoms with Gasteiger partial charge in [0, 0.05) is 37.1 Å². The van der Waals surface area contributed by atoms with Crippen LogP contribution in [0, 0.1) is 0 Å². The van der Waals surface area contributed by atoms with Crippen molar-refractivity contribution >= 4 is 28.6 Å². The van der Waals surface area contributed by atoms with Crippen LogP contribution in [0.2, 0.25) is 0 Å². The van der Waals surface area contributed by atoms with Crippen LogP contribution < -0.4 is 4.74 Å². The van der Waals surface area contributed by atoms with E-state index >= 15 is 0 Å². The van der Waals surface area contributed by atoms with Gasteiger partial charge in [0.05, 0.1) is 23.7 Å². The Labute approximate surface area is 173 Å². The molecule has 0 unspecified atom stereocenters. The zero-order valence-corrected chi connectivity index (χ0v) is 17.5. The average molecular weight is 414 g/mol. The Morgan fingerprint density at radius 1 is 1.11 bits per heavy atom. The smallest absolute Gasteiger partial charge is 0.253 e. The first-order valence-corrected chi connectivity index (χ1v) is 11.2. The van der Waals surface area contributed by atoms with Gasteiger partial charge < -0.3 is 9.64 Å². The number of carbonyl (C=O) groups excluding carboxylic acids is 1. The summed E-state index contributed by atoms with van der Waals surface area (Å²) in [7, 11) is 0. The molecule has 2 aromatic heterocycles. The molecule has 146 valence electrons. The van der Waals surface area contributed by atoms with Crippen LogP contribution in [0.5, 0.6) is 5.75 Å². The molecule has 1 aromatic carbocycles. The molecule has 7 heteroatoms. The Hall–Kier alpha value is -2.22. The number of hydrogen-bond acceptors (Lipinski definition) is 6. The van der Waals surface area contributed by atoms with Crippen molar-refractivity contribution in [1.29, 1.82) is 0 Å². The molecule has 0 aliphatic carbocycles. The van der Waals surface area contributed by atoms with Gasteiger partial charge in [-0.25, -0.2) is 4.98 Å². The first-order valence-electron chi connectivity index (χ1n) is 9.45. The highest BCUT2D eigenvalue weighted by atomic mass is 32.1. The SMILES string of the molecule is CCOc1ccc(C(=O)N2CCN(Cc3nc(-c4cccs4)cs3)CC2)cc1. The van der Waals surface area contributed by atoms with Gasteiger partial charge in [-0.3, -0.25) is 9.69 Å². The number of nitrogens with zero attached hydrogens (tertiary/aromatic N) is 3. The quantitative estimate of drug-likeness (QED) is 0.607. The summed E-state index contributed by atoms with van der Waals surface area (Å²) in [6.45, 7) is 6.66. The average Bonchev–Trinajstić information content (AvgIpc) is 3.41. The van der Waals surface area contributed by atoms with Crippen molar-refractivity contribution in [2.24, 2.45) is 0 Å². The van der Waals surface area contributed by atoms with Crippen LogP contribution in [-0.4, -0.2) is 53.5 Å². The minimum absolute atomic E-state index is 0.0944. The van der Waals surface area contributed by atoms with Crippen LogP contribution in [0.15, 0.2) is 47.2 Å². The van der Waals surface area contributed by atoms with Crippen LogP contribution >= 0.6 is 22.7 Å². The summed E-state index contributed by atoms with van der Waals surface area (Å²) in [6, 6.07) is 11.6. The van der Waals surface area contributed by atoms with E-state index in [1.807, 2.05) is 36.1 Å². The van der Waals surface area contributed by atoms with Crippen molar-refractivity contribution in [2.45, 2.75) is 13.5 Å². The van der Waals surface area contributed by atoms with Crippen molar-refractivity contribution in [3.05, 3.63) is 57.7 Å². The number of ether oxygens (including phenoxy) is 1. The molecule has 0 spiro atoms. The molecule has 0 atom stereocenters. The van der Waals surface area contributed by atoms with Gasteiger partial charge in [0.15, 0.2) is 0 Å². The maximum Gasteiger partial charge on any atom is 0.253 e. The third kappa shape index (κ3) is 4.43. The van der Waals surface area contributed by atoms with E-state index in [9.17, 15) is 4.79 Å². The number of piperazine rings is 1. The van der Waals surface area contributed by atoms with Gasteiger partial charge in [-0.15, -0.1) is 22.7 Å². The lowest BCUT2D eigenvalue weighted by Gasteiger charge is -2.34. The predicted molar refractivity (Wildman–Crippen MR) is 114 cm³/mol. The largest absolute Gasteiger partial charge is 0.494 e. The van der Waals surface area contributed by atoms with E-state index in [4.69, 9.17) is 9.72 Å². The lowest BCUT2D eigenvalue weighted by molar-refractivity contribution is 0.0628. The Kier molecular flexibility index (Phi) is 6.04. The predicted octanol–water partition coefficient (Wildman–Crippen LogP) is 4.23. The van der Waals surface area contributed by atoms with E-state index in [-0.39, 0.29) is 5.91 Å². The lowest BCUT2D eigenvalue weighted by atomic mass is 10.1. The lowest BCUT2D eigenvalue weighted by Crippen LogP contribution is -2.48. The maximum atomic E-state index is 12.7. The van der Waals surface area contributed by atoms with Crippen LogP contribution in [0.25, 0.3) is 10.6 Å². The van der Waals surface area contributed by atoms with E-state index < -0.39 is 0 Å². The number of aromatic nitrogens is 1. The number of benzene rings is 1. The van der Waals surface area contributed by atoms with Crippen LogP contribution in [-0.2, 0) is 6.54 Å². The van der Waals surface area contributed by atoms with Gasteiger partial charge in [0.2, 0.25) is 0 Å². The zero-order valence-electron chi connectivity index (χ0n) is 15.8. The first-order chi connectivity index (χ1) is 13.7. The molecular weight excluding hydrogens is 390 g/mol. The highest BCUT2D eigenvalue weighted by Crippen LogP contribution is 2.26. The normalized spacial score (nSPS) is 15.0. The molecule has 1 aliphatic heterocycles.